The molecule has 5 heteroatoms. The predicted octanol–water partition coefficient (Wildman–Crippen LogP) is 4.23. The maximum atomic E-state index is 4.86. The minimum absolute atomic E-state index is 0.461. The molecule has 0 bridgehead atoms. The van der Waals surface area contributed by atoms with Crippen LogP contribution in [0.3, 0.4) is 0 Å². The van der Waals surface area contributed by atoms with Gasteiger partial charge < -0.3 is 9.47 Å². The van der Waals surface area contributed by atoms with Crippen LogP contribution < -0.4 is 4.90 Å². The molecular weight excluding hydrogens is 334 g/mol. The molecule has 1 aliphatic heterocycles. The number of piperidine rings is 1. The van der Waals surface area contributed by atoms with E-state index in [-0.39, 0.29) is 0 Å². The van der Waals surface area contributed by atoms with Crippen LogP contribution in [0.4, 0.5) is 5.82 Å². The summed E-state index contributed by atoms with van der Waals surface area (Å²) in [4.78, 5) is 16.2. The van der Waals surface area contributed by atoms with Crippen molar-refractivity contribution in [2.45, 2.75) is 45.1 Å². The Kier molecular flexibility index (Phi) is 5.19. The largest absolute Gasteiger partial charge is 0.357 e. The summed E-state index contributed by atoms with van der Waals surface area (Å²) >= 11 is 0. The van der Waals surface area contributed by atoms with E-state index in [1.807, 2.05) is 24.7 Å². The molecule has 0 spiro atoms. The van der Waals surface area contributed by atoms with Gasteiger partial charge in [0.1, 0.15) is 11.6 Å². The van der Waals surface area contributed by atoms with Gasteiger partial charge in [-0.1, -0.05) is 26.0 Å². The summed E-state index contributed by atoms with van der Waals surface area (Å²) in [6.45, 7) is 7.28. The number of rotatable bonds is 5. The summed E-state index contributed by atoms with van der Waals surface area (Å²) in [6, 6.07) is 10.5. The van der Waals surface area contributed by atoms with E-state index in [1.165, 1.54) is 17.1 Å². The van der Waals surface area contributed by atoms with Crippen LogP contribution in [-0.2, 0) is 6.54 Å². The second kappa shape index (κ2) is 7.91. The van der Waals surface area contributed by atoms with E-state index >= 15 is 0 Å². The number of nitrogens with zero attached hydrogens (tertiary/aromatic N) is 5. The van der Waals surface area contributed by atoms with Crippen molar-refractivity contribution in [3.8, 4) is 0 Å². The van der Waals surface area contributed by atoms with Gasteiger partial charge in [0.15, 0.2) is 0 Å². The maximum absolute atomic E-state index is 4.86. The van der Waals surface area contributed by atoms with Crippen LogP contribution in [-0.4, -0.2) is 32.6 Å². The van der Waals surface area contributed by atoms with E-state index in [0.717, 1.165) is 38.3 Å². The fourth-order valence-corrected chi connectivity index (χ4v) is 3.81. The molecule has 3 aromatic rings. The molecule has 0 aromatic carbocycles. The summed E-state index contributed by atoms with van der Waals surface area (Å²) in [5, 5.41) is 0. The molecule has 1 aliphatic rings. The van der Waals surface area contributed by atoms with Crippen molar-refractivity contribution in [3.05, 3.63) is 72.2 Å². The molecule has 0 N–H and O–H groups in total. The third kappa shape index (κ3) is 4.02. The first-order chi connectivity index (χ1) is 13.2. The van der Waals surface area contributed by atoms with Crippen molar-refractivity contribution >= 4 is 5.82 Å². The third-order valence-electron chi connectivity index (χ3n) is 5.35. The normalized spacial score (nSPS) is 15.4. The molecule has 27 heavy (non-hydrogen) atoms. The summed E-state index contributed by atoms with van der Waals surface area (Å²) in [5.74, 6) is 3.27. The summed E-state index contributed by atoms with van der Waals surface area (Å²) in [6.07, 6.45) is 9.97. The number of anilines is 1. The third-order valence-corrected chi connectivity index (χ3v) is 5.35. The lowest BCUT2D eigenvalue weighted by molar-refractivity contribution is 0.468. The van der Waals surface area contributed by atoms with E-state index < -0.39 is 0 Å². The molecule has 0 saturated carbocycles. The first-order valence-corrected chi connectivity index (χ1v) is 9.82. The second-order valence-corrected chi connectivity index (χ2v) is 7.61. The zero-order chi connectivity index (χ0) is 18.6. The highest BCUT2D eigenvalue weighted by Crippen LogP contribution is 2.29. The number of hydrogen-bond acceptors (Lipinski definition) is 4. The van der Waals surface area contributed by atoms with Crippen LogP contribution in [0.2, 0.25) is 0 Å². The Morgan fingerprint density at radius 2 is 1.93 bits per heavy atom. The summed E-state index contributed by atoms with van der Waals surface area (Å²) in [7, 11) is 0. The van der Waals surface area contributed by atoms with Crippen molar-refractivity contribution in [1.82, 2.24) is 19.5 Å². The number of pyridine rings is 2. The van der Waals surface area contributed by atoms with Gasteiger partial charge in [0, 0.05) is 49.5 Å². The molecular formula is C22H27N5. The quantitative estimate of drug-likeness (QED) is 0.682. The van der Waals surface area contributed by atoms with Crippen LogP contribution >= 0.6 is 0 Å². The Morgan fingerprint density at radius 3 is 2.67 bits per heavy atom. The smallest absolute Gasteiger partial charge is 0.128 e. The Morgan fingerprint density at radius 1 is 1.07 bits per heavy atom. The van der Waals surface area contributed by atoms with E-state index in [1.54, 1.807) is 0 Å². The van der Waals surface area contributed by atoms with Gasteiger partial charge in [0.05, 0.1) is 6.54 Å². The van der Waals surface area contributed by atoms with Crippen LogP contribution in [0, 0.1) is 0 Å². The van der Waals surface area contributed by atoms with Gasteiger partial charge in [-0.3, -0.25) is 4.98 Å². The fraction of sp³-hybridized carbons (Fsp3) is 0.409. The molecule has 0 unspecified atom stereocenters. The summed E-state index contributed by atoms with van der Waals surface area (Å²) in [5.41, 5.74) is 2.38. The van der Waals surface area contributed by atoms with Gasteiger partial charge in [-0.05, 0) is 42.5 Å². The molecule has 140 valence electrons. The molecule has 0 aliphatic carbocycles. The Balaban J connectivity index is 1.43. The summed E-state index contributed by atoms with van der Waals surface area (Å²) < 4.78 is 2.27. The maximum Gasteiger partial charge on any atom is 0.128 e. The van der Waals surface area contributed by atoms with Gasteiger partial charge in [-0.15, -0.1) is 0 Å². The van der Waals surface area contributed by atoms with Gasteiger partial charge in [0.25, 0.3) is 0 Å². The van der Waals surface area contributed by atoms with E-state index in [9.17, 15) is 0 Å². The number of hydrogen-bond donors (Lipinski definition) is 0. The second-order valence-electron chi connectivity index (χ2n) is 7.61. The molecule has 5 nitrogen and oxygen atoms in total. The Hall–Kier alpha value is -2.69. The standard InChI is InChI=1S/C22H27N5/c1-17(2)20-6-3-7-21(25-20)26-12-8-19(9-13-26)22-24-11-14-27(22)16-18-5-4-10-23-15-18/h3-7,10-11,14-15,17,19H,8-9,12-13,16H2,1-2H3. The highest BCUT2D eigenvalue weighted by Gasteiger charge is 2.24. The molecule has 4 heterocycles. The minimum Gasteiger partial charge on any atom is -0.357 e. The van der Waals surface area contributed by atoms with E-state index in [4.69, 9.17) is 4.98 Å². The SMILES string of the molecule is CC(C)c1cccc(N2CCC(c3nccn3Cc3cccnc3)CC2)n1. The number of imidazole rings is 1. The molecule has 1 saturated heterocycles. The van der Waals surface area contributed by atoms with Crippen molar-refractivity contribution < 1.29 is 0 Å². The van der Waals surface area contributed by atoms with Crippen molar-refractivity contribution in [3.63, 3.8) is 0 Å². The molecule has 0 radical (unpaired) electrons. The zero-order valence-corrected chi connectivity index (χ0v) is 16.1. The molecule has 0 atom stereocenters. The van der Waals surface area contributed by atoms with Crippen molar-refractivity contribution in [2.24, 2.45) is 0 Å². The molecule has 4 rings (SSSR count). The van der Waals surface area contributed by atoms with Gasteiger partial charge in [-0.25, -0.2) is 9.97 Å². The zero-order valence-electron chi connectivity index (χ0n) is 16.1. The van der Waals surface area contributed by atoms with Crippen molar-refractivity contribution in [2.75, 3.05) is 18.0 Å². The van der Waals surface area contributed by atoms with Crippen molar-refractivity contribution in [1.29, 1.82) is 0 Å². The van der Waals surface area contributed by atoms with E-state index in [0.29, 0.717) is 11.8 Å². The van der Waals surface area contributed by atoms with Crippen LogP contribution in [0.15, 0.2) is 55.1 Å². The average molecular weight is 361 g/mol. The average Bonchev–Trinajstić information content (AvgIpc) is 3.17. The first kappa shape index (κ1) is 17.7. The Bertz CT molecular complexity index is 863. The Labute approximate surface area is 161 Å². The lowest BCUT2D eigenvalue weighted by Gasteiger charge is -2.33. The lowest BCUT2D eigenvalue weighted by Crippen LogP contribution is -2.34. The lowest BCUT2D eigenvalue weighted by atomic mass is 9.95. The monoisotopic (exact) mass is 361 g/mol. The highest BCUT2D eigenvalue weighted by atomic mass is 15.2. The highest BCUT2D eigenvalue weighted by molar-refractivity contribution is 5.40. The number of aromatic nitrogens is 4. The van der Waals surface area contributed by atoms with Gasteiger partial charge in [-0.2, -0.15) is 0 Å². The minimum atomic E-state index is 0.461. The van der Waals surface area contributed by atoms with Gasteiger partial charge in [0.2, 0.25) is 0 Å². The first-order valence-electron chi connectivity index (χ1n) is 9.82. The van der Waals surface area contributed by atoms with Crippen LogP contribution in [0.25, 0.3) is 0 Å². The van der Waals surface area contributed by atoms with E-state index in [2.05, 4.69) is 63.7 Å². The molecule has 1 fully saturated rings. The van der Waals surface area contributed by atoms with Gasteiger partial charge >= 0.3 is 0 Å². The predicted molar refractivity (Wildman–Crippen MR) is 108 cm³/mol. The fourth-order valence-electron chi connectivity index (χ4n) is 3.81. The molecule has 0 amide bonds. The molecule has 3 aromatic heterocycles. The topological polar surface area (TPSA) is 46.8 Å². The van der Waals surface area contributed by atoms with Crippen LogP contribution in [0.1, 0.15) is 55.6 Å². The van der Waals surface area contributed by atoms with Crippen LogP contribution in [0.5, 0.6) is 0 Å².